The summed E-state index contributed by atoms with van der Waals surface area (Å²) in [6.07, 6.45) is 1.26. The molecular formula is C19H22FNO4S2. The van der Waals surface area contributed by atoms with Crippen molar-refractivity contribution in [3.05, 3.63) is 66.0 Å². The van der Waals surface area contributed by atoms with E-state index in [9.17, 15) is 21.2 Å². The Balaban J connectivity index is 1.72. The van der Waals surface area contributed by atoms with Crippen molar-refractivity contribution in [1.82, 2.24) is 4.31 Å². The topological polar surface area (TPSA) is 71.5 Å². The van der Waals surface area contributed by atoms with Crippen LogP contribution in [-0.4, -0.2) is 45.2 Å². The zero-order valence-corrected chi connectivity index (χ0v) is 16.4. The predicted molar refractivity (Wildman–Crippen MR) is 102 cm³/mol. The van der Waals surface area contributed by atoms with E-state index in [2.05, 4.69) is 0 Å². The quantitative estimate of drug-likeness (QED) is 0.685. The molecule has 146 valence electrons. The molecule has 0 aromatic heterocycles. The minimum atomic E-state index is -3.71. The fraction of sp³-hybridized carbons (Fsp3) is 0.368. The lowest BCUT2D eigenvalue weighted by Gasteiger charge is -2.31. The highest BCUT2D eigenvalue weighted by atomic mass is 32.2. The van der Waals surface area contributed by atoms with Gasteiger partial charge in [-0.05, 0) is 49.1 Å². The standard InChI is InChI=1S/C19H22FNO4S2/c20-17-8-10-18(11-9-17)27(24,25)19-7-4-13-21(15-19)26(22,23)14-12-16-5-2-1-3-6-16/h1-3,5-6,8-11,19H,4,7,12-15H2/t19-/m0/s1. The number of benzene rings is 2. The van der Waals surface area contributed by atoms with Crippen molar-refractivity contribution in [1.29, 1.82) is 0 Å². The molecule has 1 heterocycles. The molecular weight excluding hydrogens is 389 g/mol. The Kier molecular flexibility index (Phi) is 5.98. The van der Waals surface area contributed by atoms with Crippen LogP contribution in [0, 0.1) is 5.82 Å². The lowest BCUT2D eigenvalue weighted by Crippen LogP contribution is -2.46. The van der Waals surface area contributed by atoms with Gasteiger partial charge in [0.05, 0.1) is 15.9 Å². The van der Waals surface area contributed by atoms with Crippen molar-refractivity contribution in [2.75, 3.05) is 18.8 Å². The van der Waals surface area contributed by atoms with Gasteiger partial charge in [-0.25, -0.2) is 25.5 Å². The van der Waals surface area contributed by atoms with Crippen LogP contribution in [-0.2, 0) is 26.3 Å². The van der Waals surface area contributed by atoms with E-state index < -0.39 is 30.9 Å². The number of rotatable bonds is 6. The highest BCUT2D eigenvalue weighted by Gasteiger charge is 2.36. The summed E-state index contributed by atoms with van der Waals surface area (Å²) in [5.41, 5.74) is 0.925. The normalized spacial score (nSPS) is 19.1. The van der Waals surface area contributed by atoms with E-state index in [1.165, 1.54) is 16.4 Å². The van der Waals surface area contributed by atoms with E-state index in [4.69, 9.17) is 0 Å². The Labute approximate surface area is 159 Å². The fourth-order valence-electron chi connectivity index (χ4n) is 3.25. The van der Waals surface area contributed by atoms with E-state index in [1.807, 2.05) is 30.3 Å². The molecule has 0 unspecified atom stereocenters. The van der Waals surface area contributed by atoms with Crippen molar-refractivity contribution in [3.63, 3.8) is 0 Å². The second-order valence-corrected chi connectivity index (χ2v) is 11.0. The highest BCUT2D eigenvalue weighted by Crippen LogP contribution is 2.25. The summed E-state index contributed by atoms with van der Waals surface area (Å²) >= 11 is 0. The van der Waals surface area contributed by atoms with Crippen molar-refractivity contribution in [2.45, 2.75) is 29.4 Å². The lowest BCUT2D eigenvalue weighted by atomic mass is 10.2. The van der Waals surface area contributed by atoms with E-state index in [-0.39, 0.29) is 17.2 Å². The summed E-state index contributed by atoms with van der Waals surface area (Å²) in [5.74, 6) is -0.567. The molecule has 0 amide bonds. The van der Waals surface area contributed by atoms with E-state index >= 15 is 0 Å². The number of piperidine rings is 1. The minimum Gasteiger partial charge on any atom is -0.223 e. The van der Waals surface area contributed by atoms with E-state index in [0.717, 1.165) is 17.7 Å². The summed E-state index contributed by atoms with van der Waals surface area (Å²) in [5, 5.41) is -0.816. The maximum atomic E-state index is 13.1. The van der Waals surface area contributed by atoms with Gasteiger partial charge in [0.15, 0.2) is 9.84 Å². The molecule has 0 radical (unpaired) electrons. The van der Waals surface area contributed by atoms with Gasteiger partial charge in [-0.3, -0.25) is 0 Å². The molecule has 0 saturated carbocycles. The zero-order chi connectivity index (χ0) is 19.5. The molecule has 1 aliphatic rings. The third-order valence-corrected chi connectivity index (χ3v) is 8.84. The molecule has 1 atom stereocenters. The monoisotopic (exact) mass is 411 g/mol. The third-order valence-electron chi connectivity index (χ3n) is 4.81. The molecule has 5 nitrogen and oxygen atoms in total. The van der Waals surface area contributed by atoms with E-state index in [1.54, 1.807) is 0 Å². The van der Waals surface area contributed by atoms with Crippen LogP contribution >= 0.6 is 0 Å². The largest absolute Gasteiger partial charge is 0.223 e. The molecule has 27 heavy (non-hydrogen) atoms. The maximum Gasteiger partial charge on any atom is 0.214 e. The minimum absolute atomic E-state index is 0.0254. The summed E-state index contributed by atoms with van der Waals surface area (Å²) in [6.45, 7) is 0.267. The number of sulfone groups is 1. The number of aryl methyl sites for hydroxylation is 1. The van der Waals surface area contributed by atoms with Gasteiger partial charge in [-0.2, -0.15) is 0 Å². The zero-order valence-electron chi connectivity index (χ0n) is 14.8. The van der Waals surface area contributed by atoms with Gasteiger partial charge < -0.3 is 0 Å². The van der Waals surface area contributed by atoms with E-state index in [0.29, 0.717) is 25.8 Å². The molecule has 8 heteroatoms. The van der Waals surface area contributed by atoms with Crippen LogP contribution in [0.4, 0.5) is 4.39 Å². The van der Waals surface area contributed by atoms with Gasteiger partial charge >= 0.3 is 0 Å². The molecule has 0 aliphatic carbocycles. The molecule has 1 saturated heterocycles. The van der Waals surface area contributed by atoms with Crippen molar-refractivity contribution < 1.29 is 21.2 Å². The summed E-state index contributed by atoms with van der Waals surface area (Å²) in [6, 6.07) is 14.0. The van der Waals surface area contributed by atoms with Crippen LogP contribution in [0.1, 0.15) is 18.4 Å². The average molecular weight is 412 g/mol. The molecule has 1 fully saturated rings. The highest BCUT2D eigenvalue weighted by molar-refractivity contribution is 7.92. The Hall–Kier alpha value is -1.77. The SMILES string of the molecule is O=S(=O)(c1ccc(F)cc1)[C@H]1CCCN(S(=O)(=O)CCc2ccccc2)C1. The number of hydrogen-bond donors (Lipinski definition) is 0. The van der Waals surface area contributed by atoms with Gasteiger partial charge in [-0.15, -0.1) is 0 Å². The van der Waals surface area contributed by atoms with Crippen LogP contribution in [0.2, 0.25) is 0 Å². The van der Waals surface area contributed by atoms with Crippen molar-refractivity contribution in [2.24, 2.45) is 0 Å². The summed E-state index contributed by atoms with van der Waals surface area (Å²) in [4.78, 5) is 0.0254. The Bertz CT molecular complexity index is 974. The van der Waals surface area contributed by atoms with Gasteiger partial charge in [0.2, 0.25) is 10.0 Å². The van der Waals surface area contributed by atoms with Gasteiger partial charge in [-0.1, -0.05) is 30.3 Å². The van der Waals surface area contributed by atoms with Gasteiger partial charge in [0.1, 0.15) is 5.82 Å². The van der Waals surface area contributed by atoms with Gasteiger partial charge in [0, 0.05) is 13.1 Å². The van der Waals surface area contributed by atoms with Crippen LogP contribution in [0.3, 0.4) is 0 Å². The first-order chi connectivity index (χ1) is 12.8. The number of sulfonamides is 1. The first-order valence-corrected chi connectivity index (χ1v) is 12.0. The Morgan fingerprint density at radius 1 is 0.963 bits per heavy atom. The molecule has 1 aliphatic heterocycles. The molecule has 3 rings (SSSR count). The second kappa shape index (κ2) is 8.08. The molecule has 0 bridgehead atoms. The van der Waals surface area contributed by atoms with Gasteiger partial charge in [0.25, 0.3) is 0 Å². The number of halogens is 1. The predicted octanol–water partition coefficient (Wildman–Crippen LogP) is 2.64. The van der Waals surface area contributed by atoms with Crippen LogP contribution in [0.5, 0.6) is 0 Å². The van der Waals surface area contributed by atoms with Crippen LogP contribution < -0.4 is 0 Å². The maximum absolute atomic E-state index is 13.1. The first kappa shape index (κ1) is 20.0. The van der Waals surface area contributed by atoms with Crippen LogP contribution in [0.25, 0.3) is 0 Å². The third kappa shape index (κ3) is 4.75. The summed E-state index contributed by atoms with van der Waals surface area (Å²) in [7, 11) is -7.27. The second-order valence-electron chi connectivity index (χ2n) is 6.67. The molecule has 0 spiro atoms. The molecule has 0 N–H and O–H groups in total. The first-order valence-electron chi connectivity index (χ1n) is 8.80. The number of hydrogen-bond acceptors (Lipinski definition) is 4. The molecule has 2 aromatic carbocycles. The molecule has 2 aromatic rings. The summed E-state index contributed by atoms with van der Waals surface area (Å²) < 4.78 is 65.4. The van der Waals surface area contributed by atoms with Crippen molar-refractivity contribution >= 4 is 19.9 Å². The Morgan fingerprint density at radius 3 is 2.30 bits per heavy atom. The van der Waals surface area contributed by atoms with Crippen molar-refractivity contribution in [3.8, 4) is 0 Å². The number of nitrogens with zero attached hydrogens (tertiary/aromatic N) is 1. The smallest absolute Gasteiger partial charge is 0.214 e. The fourth-order valence-corrected chi connectivity index (χ4v) is 6.66. The lowest BCUT2D eigenvalue weighted by molar-refractivity contribution is 0.346. The van der Waals surface area contributed by atoms with Crippen LogP contribution in [0.15, 0.2) is 59.5 Å². The Morgan fingerprint density at radius 2 is 1.63 bits per heavy atom. The average Bonchev–Trinajstić information content (AvgIpc) is 2.68.